The monoisotopic (exact) mass is 305 g/mol. The van der Waals surface area contributed by atoms with Crippen LogP contribution in [0.3, 0.4) is 0 Å². The van der Waals surface area contributed by atoms with E-state index in [4.69, 9.17) is 11.6 Å². The van der Waals surface area contributed by atoms with Gasteiger partial charge in [-0.15, -0.1) is 0 Å². The van der Waals surface area contributed by atoms with Crippen molar-refractivity contribution in [2.24, 2.45) is 17.8 Å². The Kier molecular flexibility index (Phi) is 2.63. The summed E-state index contributed by atoms with van der Waals surface area (Å²) in [7, 11) is 1.66. The Balaban J connectivity index is 1.68. The highest BCUT2D eigenvalue weighted by Crippen LogP contribution is 2.64. The lowest BCUT2D eigenvalue weighted by Gasteiger charge is -2.27. The Morgan fingerprint density at radius 2 is 2.19 bits per heavy atom. The third kappa shape index (κ3) is 1.80. The molecule has 2 aliphatic rings. The summed E-state index contributed by atoms with van der Waals surface area (Å²) >= 11 is 6.15. The van der Waals surface area contributed by atoms with Crippen molar-refractivity contribution >= 4 is 28.4 Å². The van der Waals surface area contributed by atoms with E-state index in [0.29, 0.717) is 17.9 Å². The number of fused-ring (bicyclic) bond motifs is 2. The first-order valence-electron chi connectivity index (χ1n) is 7.10. The van der Waals surface area contributed by atoms with Gasteiger partial charge in [0.1, 0.15) is 0 Å². The van der Waals surface area contributed by atoms with E-state index in [-0.39, 0.29) is 23.7 Å². The normalized spacial score (nSPS) is 34.0. The molecule has 0 spiro atoms. The van der Waals surface area contributed by atoms with Crippen molar-refractivity contribution in [1.29, 1.82) is 0 Å². The first-order chi connectivity index (χ1) is 10.0. The van der Waals surface area contributed by atoms with Crippen molar-refractivity contribution in [3.05, 3.63) is 28.9 Å². The fourth-order valence-corrected chi connectivity index (χ4v) is 4.26. The number of H-pyrrole nitrogens is 1. The van der Waals surface area contributed by atoms with Crippen molar-refractivity contribution in [2.75, 3.05) is 7.05 Å². The Morgan fingerprint density at radius 3 is 2.86 bits per heavy atom. The van der Waals surface area contributed by atoms with E-state index in [0.717, 1.165) is 16.5 Å². The number of carbonyl (C=O) groups excluding carboxylic acids is 1. The number of amides is 1. The molecule has 3 N–H and O–H groups in total. The number of halogens is 1. The molecule has 2 saturated carbocycles. The number of hydrogen-bond acceptors (Lipinski definition) is 3. The first kappa shape index (κ1) is 13.1. The van der Waals surface area contributed by atoms with Gasteiger partial charge in [-0.05, 0) is 42.4 Å². The van der Waals surface area contributed by atoms with Crippen LogP contribution in [0.25, 0.3) is 10.9 Å². The SMILES string of the molecule is CNC(=O)C1[C@H]2CC(O)(c3cc(Cl)cc4[nH]ncc34)C[C@@H]12. The van der Waals surface area contributed by atoms with Gasteiger partial charge >= 0.3 is 0 Å². The first-order valence-corrected chi connectivity index (χ1v) is 7.48. The van der Waals surface area contributed by atoms with E-state index in [1.807, 2.05) is 6.07 Å². The zero-order valence-corrected chi connectivity index (χ0v) is 12.3. The van der Waals surface area contributed by atoms with Crippen molar-refractivity contribution in [3.63, 3.8) is 0 Å². The molecule has 0 aliphatic heterocycles. The molecule has 2 aliphatic carbocycles. The molecule has 1 heterocycles. The Morgan fingerprint density at radius 1 is 1.48 bits per heavy atom. The van der Waals surface area contributed by atoms with Gasteiger partial charge in [0.15, 0.2) is 0 Å². The molecular formula is C15H16ClN3O2. The number of aromatic amines is 1. The van der Waals surface area contributed by atoms with Crippen LogP contribution in [0.4, 0.5) is 0 Å². The van der Waals surface area contributed by atoms with E-state index in [1.165, 1.54) is 0 Å². The average Bonchev–Trinajstić information content (AvgIpc) is 2.82. The van der Waals surface area contributed by atoms with E-state index < -0.39 is 5.60 Å². The predicted molar refractivity (Wildman–Crippen MR) is 78.8 cm³/mol. The summed E-state index contributed by atoms with van der Waals surface area (Å²) in [4.78, 5) is 11.7. The summed E-state index contributed by atoms with van der Waals surface area (Å²) in [6.45, 7) is 0. The van der Waals surface area contributed by atoms with Gasteiger partial charge < -0.3 is 10.4 Å². The number of benzene rings is 1. The quantitative estimate of drug-likeness (QED) is 0.792. The van der Waals surface area contributed by atoms with Gasteiger partial charge in [-0.2, -0.15) is 5.10 Å². The Bertz CT molecular complexity index is 730. The standard InChI is InChI=1S/C15H16ClN3O2/c1-17-14(20)13-8-4-15(21,5-9(8)13)11-2-7(16)3-12-10(11)6-18-19-12/h2-3,6,8-9,13,21H,4-5H2,1H3,(H,17,20)(H,18,19)/t8-,9+,13?,15?. The number of nitrogens with zero attached hydrogens (tertiary/aromatic N) is 1. The molecule has 1 aromatic heterocycles. The summed E-state index contributed by atoms with van der Waals surface area (Å²) < 4.78 is 0. The minimum Gasteiger partial charge on any atom is -0.385 e. The van der Waals surface area contributed by atoms with Crippen LogP contribution in [0, 0.1) is 17.8 Å². The molecule has 4 atom stereocenters. The third-order valence-electron chi connectivity index (χ3n) is 5.05. The molecule has 2 fully saturated rings. The van der Waals surface area contributed by atoms with Gasteiger partial charge in [-0.25, -0.2) is 0 Å². The number of rotatable bonds is 2. The molecule has 4 rings (SSSR count). The fourth-order valence-electron chi connectivity index (χ4n) is 4.04. The second-order valence-corrected chi connectivity index (χ2v) is 6.63. The summed E-state index contributed by atoms with van der Waals surface area (Å²) in [5.41, 5.74) is 0.739. The van der Waals surface area contributed by atoms with Crippen LogP contribution < -0.4 is 5.32 Å². The number of aromatic nitrogens is 2. The number of aliphatic hydroxyl groups is 1. The minimum atomic E-state index is -0.910. The fraction of sp³-hybridized carbons (Fsp3) is 0.467. The lowest BCUT2D eigenvalue weighted by atomic mass is 9.85. The maximum atomic E-state index is 11.7. The highest BCUT2D eigenvalue weighted by atomic mass is 35.5. The van der Waals surface area contributed by atoms with Crippen LogP contribution in [0.15, 0.2) is 18.3 Å². The van der Waals surface area contributed by atoms with Crippen LogP contribution in [0.2, 0.25) is 5.02 Å². The van der Waals surface area contributed by atoms with Gasteiger partial charge in [0.25, 0.3) is 0 Å². The van der Waals surface area contributed by atoms with Crippen molar-refractivity contribution in [1.82, 2.24) is 15.5 Å². The third-order valence-corrected chi connectivity index (χ3v) is 5.27. The summed E-state index contributed by atoms with van der Waals surface area (Å²) in [6, 6.07) is 3.62. The van der Waals surface area contributed by atoms with Crippen LogP contribution in [0.5, 0.6) is 0 Å². The molecule has 1 aromatic carbocycles. The largest absolute Gasteiger partial charge is 0.385 e. The van der Waals surface area contributed by atoms with Crippen molar-refractivity contribution in [3.8, 4) is 0 Å². The van der Waals surface area contributed by atoms with Crippen molar-refractivity contribution in [2.45, 2.75) is 18.4 Å². The number of hydrogen-bond donors (Lipinski definition) is 3. The van der Waals surface area contributed by atoms with Gasteiger partial charge in [-0.1, -0.05) is 11.6 Å². The van der Waals surface area contributed by atoms with E-state index >= 15 is 0 Å². The highest BCUT2D eigenvalue weighted by Gasteiger charge is 2.64. The van der Waals surface area contributed by atoms with Crippen LogP contribution >= 0.6 is 11.6 Å². The molecule has 2 aromatic rings. The molecular weight excluding hydrogens is 290 g/mol. The summed E-state index contributed by atoms with van der Waals surface area (Å²) in [6.07, 6.45) is 2.94. The lowest BCUT2D eigenvalue weighted by Crippen LogP contribution is -2.29. The van der Waals surface area contributed by atoms with E-state index in [1.54, 1.807) is 19.3 Å². The predicted octanol–water partition coefficient (Wildman–Crippen LogP) is 1.81. The highest BCUT2D eigenvalue weighted by molar-refractivity contribution is 6.31. The molecule has 0 saturated heterocycles. The Hall–Kier alpha value is -1.59. The molecule has 110 valence electrons. The van der Waals surface area contributed by atoms with Crippen LogP contribution in [-0.2, 0) is 10.4 Å². The summed E-state index contributed by atoms with van der Waals surface area (Å²) in [5, 5.41) is 22.2. The van der Waals surface area contributed by atoms with E-state index in [9.17, 15) is 9.90 Å². The molecule has 6 heteroatoms. The molecule has 1 amide bonds. The maximum Gasteiger partial charge on any atom is 0.223 e. The number of nitrogens with one attached hydrogen (secondary N) is 2. The van der Waals surface area contributed by atoms with Gasteiger partial charge in [0, 0.05) is 23.4 Å². The molecule has 21 heavy (non-hydrogen) atoms. The zero-order valence-electron chi connectivity index (χ0n) is 11.6. The zero-order chi connectivity index (χ0) is 14.8. The molecule has 5 nitrogen and oxygen atoms in total. The van der Waals surface area contributed by atoms with E-state index in [2.05, 4.69) is 15.5 Å². The van der Waals surface area contributed by atoms with Gasteiger partial charge in [0.2, 0.25) is 5.91 Å². The van der Waals surface area contributed by atoms with Crippen LogP contribution in [-0.4, -0.2) is 28.3 Å². The lowest BCUT2D eigenvalue weighted by molar-refractivity contribution is -0.123. The second kappa shape index (κ2) is 4.21. The smallest absolute Gasteiger partial charge is 0.223 e. The topological polar surface area (TPSA) is 78.0 Å². The average molecular weight is 306 g/mol. The summed E-state index contributed by atoms with van der Waals surface area (Å²) in [5.74, 6) is 0.702. The maximum absolute atomic E-state index is 11.7. The Labute approximate surface area is 126 Å². The second-order valence-electron chi connectivity index (χ2n) is 6.19. The van der Waals surface area contributed by atoms with Crippen molar-refractivity contribution < 1.29 is 9.90 Å². The molecule has 0 radical (unpaired) electrons. The minimum absolute atomic E-state index is 0.0642. The van der Waals surface area contributed by atoms with Crippen LogP contribution in [0.1, 0.15) is 18.4 Å². The molecule has 2 unspecified atom stereocenters. The van der Waals surface area contributed by atoms with Gasteiger partial charge in [0.05, 0.1) is 17.3 Å². The van der Waals surface area contributed by atoms with Gasteiger partial charge in [-0.3, -0.25) is 9.89 Å². The molecule has 0 bridgehead atoms. The number of carbonyl (C=O) groups is 1.